The number of carboxylic acid groups (broad SMARTS) is 1. The maximum absolute atomic E-state index is 14.5. The highest BCUT2D eigenvalue weighted by Gasteiger charge is 2.37. The molecule has 1 atom stereocenters. The molecule has 1 aromatic carbocycles. The van der Waals surface area contributed by atoms with E-state index in [0.29, 0.717) is 29.0 Å². The SMILES string of the molecule is COc1cccc(OC)c1-n1c(-c2ccco2)nnc1N(CC[Si](C)(C)C)S(=O)(=O)C(C)Cc1ncc(Cl)cc1C(=O)O. The summed E-state index contributed by atoms with van der Waals surface area (Å²) >= 11 is 5.98. The molecule has 1 N–H and O–H groups in total. The van der Waals surface area contributed by atoms with Crippen molar-refractivity contribution in [3.8, 4) is 28.8 Å². The van der Waals surface area contributed by atoms with E-state index >= 15 is 0 Å². The number of carboxylic acids is 1. The Bertz CT molecular complexity index is 1680. The van der Waals surface area contributed by atoms with Gasteiger partial charge in [-0.05, 0) is 43.3 Å². The molecule has 0 saturated carbocycles. The van der Waals surface area contributed by atoms with Crippen molar-refractivity contribution in [2.24, 2.45) is 0 Å². The lowest BCUT2D eigenvalue weighted by atomic mass is 10.1. The van der Waals surface area contributed by atoms with Gasteiger partial charge in [-0.3, -0.25) is 9.55 Å². The Morgan fingerprint density at radius 2 is 1.81 bits per heavy atom. The van der Waals surface area contributed by atoms with E-state index in [-0.39, 0.29) is 41.0 Å². The zero-order valence-electron chi connectivity index (χ0n) is 24.7. The van der Waals surface area contributed by atoms with Crippen molar-refractivity contribution in [3.63, 3.8) is 0 Å². The number of para-hydroxylation sites is 1. The normalized spacial score (nSPS) is 12.6. The molecule has 12 nitrogen and oxygen atoms in total. The number of anilines is 1. The quantitative estimate of drug-likeness (QED) is 0.187. The highest BCUT2D eigenvalue weighted by Crippen LogP contribution is 2.39. The molecule has 0 saturated heterocycles. The molecule has 230 valence electrons. The van der Waals surface area contributed by atoms with Crippen LogP contribution in [0.3, 0.4) is 0 Å². The first-order valence-corrected chi connectivity index (χ1v) is 19.0. The number of ether oxygens (including phenoxy) is 2. The lowest BCUT2D eigenvalue weighted by molar-refractivity contribution is 0.0695. The smallest absolute Gasteiger partial charge is 0.337 e. The summed E-state index contributed by atoms with van der Waals surface area (Å²) in [6.07, 6.45) is 2.60. The molecule has 0 fully saturated rings. The Labute approximate surface area is 256 Å². The minimum Gasteiger partial charge on any atom is -0.494 e. The molecule has 4 rings (SSSR count). The second kappa shape index (κ2) is 12.8. The Kier molecular flexibility index (Phi) is 9.52. The third kappa shape index (κ3) is 6.86. The van der Waals surface area contributed by atoms with Crippen LogP contribution in [-0.4, -0.2) is 73.3 Å². The van der Waals surface area contributed by atoms with Crippen molar-refractivity contribution in [1.29, 1.82) is 0 Å². The molecular formula is C28H34ClN5O7SSi. The summed E-state index contributed by atoms with van der Waals surface area (Å²) in [7, 11) is -2.99. The Hall–Kier alpha value is -3.88. The van der Waals surface area contributed by atoms with Crippen LogP contribution in [0.1, 0.15) is 23.0 Å². The summed E-state index contributed by atoms with van der Waals surface area (Å²) in [6, 6.07) is 10.4. The van der Waals surface area contributed by atoms with Gasteiger partial charge in [0.2, 0.25) is 21.8 Å². The van der Waals surface area contributed by atoms with Crippen LogP contribution in [0.25, 0.3) is 17.3 Å². The first-order chi connectivity index (χ1) is 20.3. The standard InChI is InChI=1S/C28H34ClN5O7SSi/c1-18(15-21-20(27(35)36)16-19(29)17-30-21)42(37,38)33(12-14-43(4,5)6)28-32-31-26(24-11-8-13-41-24)34(28)25-22(39-2)9-7-10-23(25)40-3/h7-11,13,16-18H,12,14-15H2,1-6H3,(H,35,36). The lowest BCUT2D eigenvalue weighted by Crippen LogP contribution is -2.43. The van der Waals surface area contributed by atoms with E-state index in [1.54, 1.807) is 34.9 Å². The number of halogens is 1. The topological polar surface area (TPSA) is 150 Å². The van der Waals surface area contributed by atoms with Gasteiger partial charge in [-0.15, -0.1) is 10.2 Å². The Balaban J connectivity index is 1.93. The minimum atomic E-state index is -4.20. The van der Waals surface area contributed by atoms with Crippen molar-refractivity contribution in [2.75, 3.05) is 25.1 Å². The van der Waals surface area contributed by atoms with Gasteiger partial charge in [-0.25, -0.2) is 17.5 Å². The third-order valence-electron chi connectivity index (χ3n) is 6.76. The molecule has 0 aliphatic carbocycles. The van der Waals surface area contributed by atoms with Crippen molar-refractivity contribution in [3.05, 3.63) is 65.1 Å². The zero-order chi connectivity index (χ0) is 31.5. The molecule has 0 spiro atoms. The highest BCUT2D eigenvalue weighted by molar-refractivity contribution is 7.93. The number of hydrogen-bond donors (Lipinski definition) is 1. The first-order valence-electron chi connectivity index (χ1n) is 13.4. The van der Waals surface area contributed by atoms with Gasteiger partial charge in [0.25, 0.3) is 0 Å². The lowest BCUT2D eigenvalue weighted by Gasteiger charge is -2.29. The number of nitrogens with zero attached hydrogens (tertiary/aromatic N) is 5. The van der Waals surface area contributed by atoms with Crippen LogP contribution in [0.5, 0.6) is 11.5 Å². The largest absolute Gasteiger partial charge is 0.494 e. The van der Waals surface area contributed by atoms with E-state index in [0.717, 1.165) is 0 Å². The van der Waals surface area contributed by atoms with E-state index < -0.39 is 29.3 Å². The predicted octanol–water partition coefficient (Wildman–Crippen LogP) is 5.40. The van der Waals surface area contributed by atoms with E-state index in [4.69, 9.17) is 25.5 Å². The second-order valence-corrected chi connectivity index (χ2v) is 19.4. The monoisotopic (exact) mass is 647 g/mol. The minimum absolute atomic E-state index is 0.00169. The fourth-order valence-corrected chi connectivity index (χ4v) is 7.16. The number of sulfonamides is 1. The Morgan fingerprint density at radius 3 is 2.37 bits per heavy atom. The van der Waals surface area contributed by atoms with Crippen molar-refractivity contribution in [2.45, 2.75) is 44.3 Å². The number of methoxy groups -OCH3 is 2. The fourth-order valence-electron chi connectivity index (χ4n) is 4.45. The molecule has 1 unspecified atom stereocenters. The van der Waals surface area contributed by atoms with Gasteiger partial charge in [-0.1, -0.05) is 37.3 Å². The van der Waals surface area contributed by atoms with Gasteiger partial charge in [-0.2, -0.15) is 0 Å². The van der Waals surface area contributed by atoms with Crippen molar-refractivity contribution >= 4 is 41.6 Å². The number of aromatic carboxylic acids is 1. The van der Waals surface area contributed by atoms with Crippen molar-refractivity contribution < 1.29 is 32.2 Å². The maximum Gasteiger partial charge on any atom is 0.337 e. The predicted molar refractivity (Wildman–Crippen MR) is 166 cm³/mol. The van der Waals surface area contributed by atoms with E-state index in [1.165, 1.54) is 44.0 Å². The second-order valence-electron chi connectivity index (χ2n) is 11.0. The number of hydrogen-bond acceptors (Lipinski definition) is 9. The van der Waals surface area contributed by atoms with Crippen LogP contribution in [-0.2, 0) is 16.4 Å². The fraction of sp³-hybridized carbons (Fsp3) is 0.357. The summed E-state index contributed by atoms with van der Waals surface area (Å²) in [5, 5.41) is 17.5. The molecule has 3 heterocycles. The number of pyridine rings is 1. The van der Waals surface area contributed by atoms with E-state index in [2.05, 4.69) is 34.8 Å². The van der Waals surface area contributed by atoms with Crippen LogP contribution in [0.4, 0.5) is 5.95 Å². The van der Waals surface area contributed by atoms with Gasteiger partial charge in [0.1, 0.15) is 17.2 Å². The zero-order valence-corrected chi connectivity index (χ0v) is 27.3. The van der Waals surface area contributed by atoms with Crippen LogP contribution in [0.2, 0.25) is 30.7 Å². The maximum atomic E-state index is 14.5. The van der Waals surface area contributed by atoms with Crippen LogP contribution >= 0.6 is 11.6 Å². The molecule has 0 bridgehead atoms. The van der Waals surface area contributed by atoms with E-state index in [1.807, 2.05) is 0 Å². The molecule has 0 aliphatic rings. The number of aromatic nitrogens is 4. The molecule has 0 aliphatic heterocycles. The molecule has 15 heteroatoms. The average molecular weight is 648 g/mol. The van der Waals surface area contributed by atoms with Gasteiger partial charge < -0.3 is 19.0 Å². The third-order valence-corrected chi connectivity index (χ3v) is 10.8. The Morgan fingerprint density at radius 1 is 1.14 bits per heavy atom. The molecule has 3 aromatic heterocycles. The molecule has 43 heavy (non-hydrogen) atoms. The van der Waals surface area contributed by atoms with Gasteiger partial charge in [0.15, 0.2) is 5.76 Å². The highest BCUT2D eigenvalue weighted by atomic mass is 35.5. The number of rotatable bonds is 13. The van der Waals surface area contributed by atoms with Crippen LogP contribution in [0, 0.1) is 0 Å². The van der Waals surface area contributed by atoms with Crippen molar-refractivity contribution in [1.82, 2.24) is 19.7 Å². The molecule has 0 amide bonds. The number of furan rings is 1. The summed E-state index contributed by atoms with van der Waals surface area (Å²) < 4.78 is 48.7. The van der Waals surface area contributed by atoms with Gasteiger partial charge in [0, 0.05) is 27.2 Å². The van der Waals surface area contributed by atoms with E-state index in [9.17, 15) is 18.3 Å². The number of carbonyl (C=O) groups is 1. The summed E-state index contributed by atoms with van der Waals surface area (Å²) in [4.78, 5) is 16.1. The summed E-state index contributed by atoms with van der Waals surface area (Å²) in [5.41, 5.74) is 0.319. The van der Waals surface area contributed by atoms with Crippen LogP contribution in [0.15, 0.2) is 53.3 Å². The first kappa shape index (κ1) is 32.0. The van der Waals surface area contributed by atoms with Crippen LogP contribution < -0.4 is 13.8 Å². The molecule has 0 radical (unpaired) electrons. The molecular weight excluding hydrogens is 614 g/mol. The summed E-state index contributed by atoms with van der Waals surface area (Å²) in [5.74, 6) is 0.105. The molecule has 4 aromatic rings. The number of benzene rings is 1. The summed E-state index contributed by atoms with van der Waals surface area (Å²) in [6.45, 7) is 8.04. The van der Waals surface area contributed by atoms with Gasteiger partial charge >= 0.3 is 5.97 Å². The van der Waals surface area contributed by atoms with Gasteiger partial charge in [0.05, 0.1) is 42.0 Å². The average Bonchev–Trinajstić information content (AvgIpc) is 3.63.